The molecule has 2 atom stereocenters. The Balaban J connectivity index is 4.14. The molecule has 0 rings (SSSR count). The molecular formula is C45H90N2O6. The topological polar surface area (TPSA) is 108 Å². The number of nitrogens with zero attached hydrogens (tertiary/aromatic N) is 1. The Kier molecular flexibility index (Phi) is 41.0. The highest BCUT2D eigenvalue weighted by Gasteiger charge is 2.15. The molecule has 3 N–H and O–H groups in total. The molecule has 8 nitrogen and oxygen atoms in total. The minimum Gasteiger partial charge on any atom is -0.466 e. The average molecular weight is 755 g/mol. The fraction of sp³-hybridized carbons (Fsp3) is 0.956. The number of nitrogens with one attached hydrogen (secondary N) is 1. The minimum absolute atomic E-state index is 0.0158. The van der Waals surface area contributed by atoms with E-state index < -0.39 is 6.10 Å². The molecular weight excluding hydrogens is 665 g/mol. The normalized spacial score (nSPS) is 12.7. The molecule has 0 radical (unpaired) electrons. The highest BCUT2D eigenvalue weighted by molar-refractivity contribution is 5.69. The van der Waals surface area contributed by atoms with Gasteiger partial charge in [0.05, 0.1) is 19.3 Å². The van der Waals surface area contributed by atoms with E-state index in [1.165, 1.54) is 89.9 Å². The van der Waals surface area contributed by atoms with Crippen molar-refractivity contribution in [2.45, 2.75) is 232 Å². The smallest absolute Gasteiger partial charge is 0.306 e. The van der Waals surface area contributed by atoms with Gasteiger partial charge in [0.25, 0.3) is 0 Å². The van der Waals surface area contributed by atoms with Crippen molar-refractivity contribution in [3.05, 3.63) is 0 Å². The molecule has 0 saturated heterocycles. The Hall–Kier alpha value is -1.22. The van der Waals surface area contributed by atoms with Gasteiger partial charge in [0.2, 0.25) is 0 Å². The van der Waals surface area contributed by atoms with Gasteiger partial charge >= 0.3 is 11.9 Å². The maximum absolute atomic E-state index is 12.7. The first-order valence-corrected chi connectivity index (χ1v) is 23.0. The lowest BCUT2D eigenvalue weighted by atomic mass is 10.0. The zero-order valence-electron chi connectivity index (χ0n) is 35.5. The van der Waals surface area contributed by atoms with E-state index in [1.54, 1.807) is 0 Å². The molecule has 0 spiro atoms. The second-order valence-corrected chi connectivity index (χ2v) is 15.8. The van der Waals surface area contributed by atoms with Crippen molar-refractivity contribution in [2.24, 2.45) is 0 Å². The van der Waals surface area contributed by atoms with Crippen molar-refractivity contribution in [3.8, 4) is 0 Å². The Morgan fingerprint density at radius 1 is 0.566 bits per heavy atom. The minimum atomic E-state index is -0.707. The zero-order valence-corrected chi connectivity index (χ0v) is 35.5. The van der Waals surface area contributed by atoms with Gasteiger partial charge in [0.1, 0.15) is 6.10 Å². The maximum Gasteiger partial charge on any atom is 0.306 e. The van der Waals surface area contributed by atoms with Crippen molar-refractivity contribution in [3.63, 3.8) is 0 Å². The number of carbonyl (C=O) groups excluding carboxylic acids is 2. The molecule has 0 aromatic carbocycles. The van der Waals surface area contributed by atoms with E-state index in [1.807, 2.05) is 7.05 Å². The third-order valence-electron chi connectivity index (χ3n) is 10.5. The van der Waals surface area contributed by atoms with Gasteiger partial charge in [-0.1, -0.05) is 142 Å². The van der Waals surface area contributed by atoms with E-state index in [0.717, 1.165) is 122 Å². The summed E-state index contributed by atoms with van der Waals surface area (Å²) in [5, 5.41) is 22.7. The molecule has 0 aromatic rings. The summed E-state index contributed by atoms with van der Waals surface area (Å²) in [7, 11) is 2.01. The third kappa shape index (κ3) is 38.8. The summed E-state index contributed by atoms with van der Waals surface area (Å²) in [5.74, 6) is -0.0713. The van der Waals surface area contributed by atoms with Crippen LogP contribution in [0.2, 0.25) is 0 Å². The SMILES string of the molecule is CCCCCCCCCOC(=O)CCCCCCCN(CCCCCCCC(=O)OC(CCCCCCCC)CCCCCCCNC)CC(O)CO. The Labute approximate surface area is 328 Å². The second-order valence-electron chi connectivity index (χ2n) is 15.8. The van der Waals surface area contributed by atoms with Crippen molar-refractivity contribution in [2.75, 3.05) is 46.4 Å². The van der Waals surface area contributed by atoms with Crippen molar-refractivity contribution < 1.29 is 29.3 Å². The largest absolute Gasteiger partial charge is 0.466 e. The molecule has 53 heavy (non-hydrogen) atoms. The van der Waals surface area contributed by atoms with E-state index in [9.17, 15) is 19.8 Å². The van der Waals surface area contributed by atoms with E-state index >= 15 is 0 Å². The van der Waals surface area contributed by atoms with Gasteiger partial charge < -0.3 is 29.9 Å². The van der Waals surface area contributed by atoms with Crippen LogP contribution in [0.4, 0.5) is 0 Å². The number of aliphatic hydroxyl groups excluding tert-OH is 2. The van der Waals surface area contributed by atoms with Crippen LogP contribution in [0.1, 0.15) is 219 Å². The highest BCUT2D eigenvalue weighted by atomic mass is 16.5. The molecule has 316 valence electrons. The van der Waals surface area contributed by atoms with Crippen LogP contribution in [0.5, 0.6) is 0 Å². The van der Waals surface area contributed by atoms with Crippen LogP contribution in [0.3, 0.4) is 0 Å². The summed E-state index contributed by atoms with van der Waals surface area (Å²) in [6, 6.07) is 0. The first-order valence-electron chi connectivity index (χ1n) is 23.0. The number of unbranched alkanes of at least 4 members (excludes halogenated alkanes) is 23. The van der Waals surface area contributed by atoms with Gasteiger partial charge in [0, 0.05) is 19.4 Å². The number of hydrogen-bond acceptors (Lipinski definition) is 8. The van der Waals surface area contributed by atoms with Crippen molar-refractivity contribution in [1.82, 2.24) is 10.2 Å². The summed E-state index contributed by atoms with van der Waals surface area (Å²) in [6.45, 7) is 8.27. The maximum atomic E-state index is 12.7. The van der Waals surface area contributed by atoms with Crippen LogP contribution >= 0.6 is 0 Å². The molecule has 0 aliphatic heterocycles. The van der Waals surface area contributed by atoms with E-state index in [0.29, 0.717) is 26.0 Å². The van der Waals surface area contributed by atoms with E-state index in [4.69, 9.17) is 9.47 Å². The van der Waals surface area contributed by atoms with Crippen LogP contribution in [0.15, 0.2) is 0 Å². The standard InChI is InChI=1S/C45H90N2O6/c1-4-6-8-10-12-23-31-39-52-44(50)34-26-18-14-21-29-37-47(40-42(49)41-48)38-30-22-15-19-27-35-45(51)53-43(32-24-16-11-9-7-5-2)33-25-17-13-20-28-36-46-3/h42-43,46,48-49H,4-41H2,1-3H3. The lowest BCUT2D eigenvalue weighted by Crippen LogP contribution is -2.35. The first-order chi connectivity index (χ1) is 26.0. The number of aliphatic hydroxyl groups is 2. The van der Waals surface area contributed by atoms with Crippen molar-refractivity contribution in [1.29, 1.82) is 0 Å². The molecule has 0 amide bonds. The number of rotatable bonds is 43. The summed E-state index contributed by atoms with van der Waals surface area (Å²) in [6.07, 6.45) is 35.1. The molecule has 0 aliphatic rings. The number of carbonyl (C=O) groups is 2. The zero-order chi connectivity index (χ0) is 38.9. The summed E-state index contributed by atoms with van der Waals surface area (Å²) >= 11 is 0. The number of hydrogen-bond donors (Lipinski definition) is 3. The van der Waals surface area contributed by atoms with Gasteiger partial charge in [0.15, 0.2) is 0 Å². The van der Waals surface area contributed by atoms with Crippen LogP contribution < -0.4 is 5.32 Å². The predicted octanol–water partition coefficient (Wildman–Crippen LogP) is 10.8. The monoisotopic (exact) mass is 755 g/mol. The van der Waals surface area contributed by atoms with Crippen LogP contribution in [-0.4, -0.2) is 85.7 Å². The fourth-order valence-electron chi connectivity index (χ4n) is 7.10. The lowest BCUT2D eigenvalue weighted by Gasteiger charge is -2.24. The molecule has 0 saturated carbocycles. The molecule has 0 bridgehead atoms. The average Bonchev–Trinajstić information content (AvgIpc) is 3.15. The summed E-state index contributed by atoms with van der Waals surface area (Å²) < 4.78 is 11.4. The fourth-order valence-corrected chi connectivity index (χ4v) is 7.10. The molecule has 2 unspecified atom stereocenters. The van der Waals surface area contributed by atoms with Crippen LogP contribution in [0, 0.1) is 0 Å². The van der Waals surface area contributed by atoms with E-state index in [2.05, 4.69) is 24.1 Å². The predicted molar refractivity (Wildman–Crippen MR) is 223 cm³/mol. The first kappa shape index (κ1) is 51.8. The second kappa shape index (κ2) is 41.9. The van der Waals surface area contributed by atoms with Gasteiger partial charge in [-0.2, -0.15) is 0 Å². The molecule has 0 aromatic heterocycles. The van der Waals surface area contributed by atoms with E-state index in [-0.39, 0.29) is 24.6 Å². The van der Waals surface area contributed by atoms with Crippen LogP contribution in [0.25, 0.3) is 0 Å². The van der Waals surface area contributed by atoms with Gasteiger partial charge in [-0.25, -0.2) is 0 Å². The Bertz CT molecular complexity index is 769. The third-order valence-corrected chi connectivity index (χ3v) is 10.5. The van der Waals surface area contributed by atoms with Gasteiger partial charge in [-0.15, -0.1) is 0 Å². The van der Waals surface area contributed by atoms with Crippen LogP contribution in [-0.2, 0) is 19.1 Å². The highest BCUT2D eigenvalue weighted by Crippen LogP contribution is 2.18. The Morgan fingerprint density at radius 2 is 1.00 bits per heavy atom. The quantitative estimate of drug-likeness (QED) is 0.0417. The summed E-state index contributed by atoms with van der Waals surface area (Å²) in [5.41, 5.74) is 0. The molecule has 0 aliphatic carbocycles. The van der Waals surface area contributed by atoms with Gasteiger partial charge in [-0.3, -0.25) is 9.59 Å². The summed E-state index contributed by atoms with van der Waals surface area (Å²) in [4.78, 5) is 27.0. The molecule has 8 heteroatoms. The number of ether oxygens (including phenoxy) is 2. The molecule has 0 heterocycles. The Morgan fingerprint density at radius 3 is 1.51 bits per heavy atom. The number of esters is 2. The molecule has 0 fully saturated rings. The lowest BCUT2D eigenvalue weighted by molar-refractivity contribution is -0.150. The van der Waals surface area contributed by atoms with Gasteiger partial charge in [-0.05, 0) is 90.9 Å². The van der Waals surface area contributed by atoms with Crippen molar-refractivity contribution >= 4 is 11.9 Å².